The van der Waals surface area contributed by atoms with Gasteiger partial charge in [0.05, 0.1) is 5.02 Å². The molecular formula is C18H15Cl2FN2O4. The van der Waals surface area contributed by atoms with Crippen LogP contribution in [0.4, 0.5) is 14.9 Å². The molecule has 1 fully saturated rings. The van der Waals surface area contributed by atoms with E-state index in [0.29, 0.717) is 10.7 Å². The lowest BCUT2D eigenvalue weighted by Crippen LogP contribution is -2.46. The van der Waals surface area contributed by atoms with Gasteiger partial charge in [-0.25, -0.2) is 9.18 Å². The number of ether oxygens (including phenoxy) is 1. The minimum Gasteiger partial charge on any atom is -0.407 e. The van der Waals surface area contributed by atoms with E-state index in [4.69, 9.17) is 27.9 Å². The second-order valence-electron chi connectivity index (χ2n) is 5.93. The Hall–Kier alpha value is -2.35. The van der Waals surface area contributed by atoms with Crippen LogP contribution in [0, 0.1) is 5.82 Å². The molecule has 0 unspecified atom stereocenters. The summed E-state index contributed by atoms with van der Waals surface area (Å²) in [6.07, 6.45) is -1.17. The van der Waals surface area contributed by atoms with E-state index >= 15 is 0 Å². The zero-order chi connectivity index (χ0) is 19.6. The smallest absolute Gasteiger partial charge is 0.407 e. The van der Waals surface area contributed by atoms with Gasteiger partial charge in [-0.3, -0.25) is 4.79 Å². The topological polar surface area (TPSA) is 78.9 Å². The molecule has 1 atom stereocenters. The fraction of sp³-hybridized carbons (Fsp3) is 0.222. The molecule has 1 heterocycles. The number of hydrogen-bond acceptors (Lipinski definition) is 4. The molecule has 0 bridgehead atoms. The van der Waals surface area contributed by atoms with Gasteiger partial charge in [-0.2, -0.15) is 0 Å². The summed E-state index contributed by atoms with van der Waals surface area (Å²) in [5, 5.41) is 13.1. The summed E-state index contributed by atoms with van der Waals surface area (Å²) in [5.74, 6) is -3.75. The fourth-order valence-corrected chi connectivity index (χ4v) is 3.09. The number of nitrogens with one attached hydrogen (secondary N) is 1. The van der Waals surface area contributed by atoms with Crippen LogP contribution >= 0.6 is 23.2 Å². The van der Waals surface area contributed by atoms with Crippen molar-refractivity contribution in [3.8, 4) is 0 Å². The molecule has 2 amide bonds. The Morgan fingerprint density at radius 1 is 1.30 bits per heavy atom. The van der Waals surface area contributed by atoms with Gasteiger partial charge < -0.3 is 20.1 Å². The Morgan fingerprint density at radius 2 is 2.04 bits per heavy atom. The molecule has 2 aromatic carbocycles. The van der Waals surface area contributed by atoms with Crippen LogP contribution in [0.25, 0.3) is 0 Å². The molecule has 0 aliphatic carbocycles. The Bertz CT molecular complexity index is 895. The van der Waals surface area contributed by atoms with Gasteiger partial charge >= 0.3 is 6.09 Å². The predicted molar refractivity (Wildman–Crippen MR) is 98.1 cm³/mol. The van der Waals surface area contributed by atoms with Crippen molar-refractivity contribution >= 4 is 40.9 Å². The molecule has 2 N–H and O–H groups in total. The number of benzene rings is 2. The monoisotopic (exact) mass is 412 g/mol. The number of carbonyl (C=O) groups excluding carboxylic acids is 2. The number of nitrogens with zero attached hydrogens (tertiary/aromatic N) is 1. The Morgan fingerprint density at radius 3 is 2.78 bits per heavy atom. The fourth-order valence-electron chi connectivity index (χ4n) is 2.71. The molecule has 1 saturated heterocycles. The van der Waals surface area contributed by atoms with Crippen LogP contribution in [-0.4, -0.2) is 29.4 Å². The van der Waals surface area contributed by atoms with Gasteiger partial charge in [-0.15, -0.1) is 0 Å². The lowest BCUT2D eigenvalue weighted by molar-refractivity contribution is -0.175. The summed E-state index contributed by atoms with van der Waals surface area (Å²) in [4.78, 5) is 25.7. The van der Waals surface area contributed by atoms with Gasteiger partial charge in [0.1, 0.15) is 5.82 Å². The number of hydrogen-bond donors (Lipinski definition) is 2. The Labute approximate surface area is 164 Å². The van der Waals surface area contributed by atoms with Crippen LogP contribution in [0.2, 0.25) is 10.0 Å². The molecule has 9 heteroatoms. The zero-order valence-electron chi connectivity index (χ0n) is 13.9. The van der Waals surface area contributed by atoms with Crippen molar-refractivity contribution in [2.75, 3.05) is 11.4 Å². The first-order valence-electron chi connectivity index (χ1n) is 8.00. The summed E-state index contributed by atoms with van der Waals surface area (Å²) < 4.78 is 18.7. The van der Waals surface area contributed by atoms with E-state index in [1.165, 1.54) is 23.1 Å². The van der Waals surface area contributed by atoms with E-state index in [1.807, 2.05) is 0 Å². The maximum absolute atomic E-state index is 13.8. The molecule has 0 spiro atoms. The lowest BCUT2D eigenvalue weighted by atomic mass is 10.2. The molecular weight excluding hydrogens is 398 g/mol. The van der Waals surface area contributed by atoms with Crippen molar-refractivity contribution < 1.29 is 23.8 Å². The number of amides is 2. The van der Waals surface area contributed by atoms with Gasteiger partial charge in [0.15, 0.2) is 0 Å². The SMILES string of the molecule is O=C(NCc1cccc(Cl)c1F)O[C@@]1(O)CCN(c2cccc(Cl)c2)C1=O. The standard InChI is InChI=1S/C18H15Cl2FN2O4/c19-12-4-2-5-13(9-12)23-8-7-18(26,16(23)24)27-17(25)22-10-11-3-1-6-14(20)15(11)21/h1-6,9,26H,7-8,10H2,(H,22,25)/t18-/m0/s1. The summed E-state index contributed by atoms with van der Waals surface area (Å²) >= 11 is 11.6. The predicted octanol–water partition coefficient (Wildman–Crippen LogP) is 3.48. The average molecular weight is 413 g/mol. The first kappa shape index (κ1) is 19.4. The van der Waals surface area contributed by atoms with E-state index in [1.54, 1.807) is 24.3 Å². The average Bonchev–Trinajstić information content (AvgIpc) is 2.91. The summed E-state index contributed by atoms with van der Waals surface area (Å²) in [6.45, 7) is -0.0701. The summed E-state index contributed by atoms with van der Waals surface area (Å²) in [6, 6.07) is 10.9. The Kier molecular flexibility index (Phi) is 5.55. The molecule has 0 radical (unpaired) electrons. The van der Waals surface area contributed by atoms with E-state index in [2.05, 4.69) is 5.32 Å². The highest BCUT2D eigenvalue weighted by molar-refractivity contribution is 6.31. The summed E-state index contributed by atoms with van der Waals surface area (Å²) in [5.41, 5.74) is 0.623. The molecule has 1 aliphatic rings. The van der Waals surface area contributed by atoms with Gasteiger partial charge in [0, 0.05) is 35.8 Å². The number of rotatable bonds is 4. The van der Waals surface area contributed by atoms with Crippen molar-refractivity contribution in [2.24, 2.45) is 0 Å². The third-order valence-electron chi connectivity index (χ3n) is 4.09. The van der Waals surface area contributed by atoms with Gasteiger partial charge in [0.2, 0.25) is 0 Å². The van der Waals surface area contributed by atoms with E-state index in [0.717, 1.165) is 0 Å². The molecule has 0 aromatic heterocycles. The third-order valence-corrected chi connectivity index (χ3v) is 4.62. The van der Waals surface area contributed by atoms with Crippen LogP contribution in [0.1, 0.15) is 12.0 Å². The van der Waals surface area contributed by atoms with Gasteiger partial charge in [-0.05, 0) is 24.3 Å². The molecule has 0 saturated carbocycles. The minimum atomic E-state index is -2.31. The molecule has 1 aliphatic heterocycles. The molecule has 6 nitrogen and oxygen atoms in total. The number of halogens is 3. The van der Waals surface area contributed by atoms with E-state index in [9.17, 15) is 19.1 Å². The zero-order valence-corrected chi connectivity index (χ0v) is 15.4. The normalized spacial score (nSPS) is 19.3. The summed E-state index contributed by atoms with van der Waals surface area (Å²) in [7, 11) is 0. The van der Waals surface area contributed by atoms with Crippen LogP contribution in [0.3, 0.4) is 0 Å². The second-order valence-corrected chi connectivity index (χ2v) is 6.77. The van der Waals surface area contributed by atoms with Crippen LogP contribution in [0.5, 0.6) is 0 Å². The highest BCUT2D eigenvalue weighted by atomic mass is 35.5. The van der Waals surface area contributed by atoms with Crippen molar-refractivity contribution in [1.82, 2.24) is 5.32 Å². The van der Waals surface area contributed by atoms with Crippen molar-refractivity contribution in [2.45, 2.75) is 18.8 Å². The molecule has 142 valence electrons. The molecule has 2 aromatic rings. The molecule has 27 heavy (non-hydrogen) atoms. The van der Waals surface area contributed by atoms with E-state index in [-0.39, 0.29) is 30.1 Å². The number of anilines is 1. The lowest BCUT2D eigenvalue weighted by Gasteiger charge is -2.22. The maximum Gasteiger partial charge on any atom is 0.410 e. The highest BCUT2D eigenvalue weighted by Crippen LogP contribution is 2.30. The van der Waals surface area contributed by atoms with Gasteiger partial charge in [0.25, 0.3) is 11.7 Å². The van der Waals surface area contributed by atoms with Crippen LogP contribution in [0.15, 0.2) is 42.5 Å². The number of alkyl carbamates (subject to hydrolysis) is 1. The maximum atomic E-state index is 13.8. The van der Waals surface area contributed by atoms with Crippen molar-refractivity contribution in [3.63, 3.8) is 0 Å². The molecule has 3 rings (SSSR count). The minimum absolute atomic E-state index is 0.0792. The quantitative estimate of drug-likeness (QED) is 0.753. The highest BCUT2D eigenvalue weighted by Gasteiger charge is 2.49. The van der Waals surface area contributed by atoms with Crippen LogP contribution in [-0.2, 0) is 16.1 Å². The third kappa shape index (κ3) is 4.16. The largest absolute Gasteiger partial charge is 0.410 e. The first-order chi connectivity index (χ1) is 12.8. The second kappa shape index (κ2) is 7.72. The van der Waals surface area contributed by atoms with Gasteiger partial charge in [-0.1, -0.05) is 41.4 Å². The van der Waals surface area contributed by atoms with Crippen LogP contribution < -0.4 is 10.2 Å². The Balaban J connectivity index is 1.63. The number of carbonyl (C=O) groups is 2. The number of aliphatic hydroxyl groups is 1. The van der Waals surface area contributed by atoms with Crippen molar-refractivity contribution in [1.29, 1.82) is 0 Å². The first-order valence-corrected chi connectivity index (χ1v) is 8.75. The van der Waals surface area contributed by atoms with Crippen molar-refractivity contribution in [3.05, 3.63) is 63.9 Å². The van der Waals surface area contributed by atoms with E-state index < -0.39 is 23.6 Å².